The number of hydrogen-bond acceptors (Lipinski definition) is 3. The van der Waals surface area contributed by atoms with Gasteiger partial charge in [-0.25, -0.2) is 4.79 Å². The number of carbonyl (C=O) groups is 2. The Hall–Kier alpha value is -2.08. The van der Waals surface area contributed by atoms with Gasteiger partial charge in [0.15, 0.2) is 0 Å². The van der Waals surface area contributed by atoms with Crippen molar-refractivity contribution in [1.82, 2.24) is 4.90 Å². The summed E-state index contributed by atoms with van der Waals surface area (Å²) in [6.45, 7) is 3.69. The summed E-state index contributed by atoms with van der Waals surface area (Å²) in [4.78, 5) is 26.5. The Kier molecular flexibility index (Phi) is 6.68. The third kappa shape index (κ3) is 5.07. The molecule has 0 spiro atoms. The molecule has 0 saturated heterocycles. The monoisotopic (exact) mass is 294 g/mol. The number of carboxylic acid groups (broad SMARTS) is 1. The van der Waals surface area contributed by atoms with E-state index in [1.165, 1.54) is 4.90 Å². The molecule has 0 bridgehead atoms. The lowest BCUT2D eigenvalue weighted by Gasteiger charge is -2.32. The molecule has 116 valence electrons. The molecule has 21 heavy (non-hydrogen) atoms. The number of amides is 2. The van der Waals surface area contributed by atoms with Crippen LogP contribution in [0, 0.1) is 0 Å². The van der Waals surface area contributed by atoms with Crippen LogP contribution in [0.4, 0.5) is 10.5 Å². The molecule has 6 heteroatoms. The van der Waals surface area contributed by atoms with Gasteiger partial charge in [0.2, 0.25) is 0 Å². The van der Waals surface area contributed by atoms with Crippen molar-refractivity contribution in [2.75, 3.05) is 24.6 Å². The Bertz CT molecular complexity index is 462. The first kappa shape index (κ1) is 17.0. The molecular weight excluding hydrogens is 272 g/mol. The van der Waals surface area contributed by atoms with Crippen LogP contribution >= 0.6 is 0 Å². The van der Waals surface area contributed by atoms with Crippen LogP contribution < -0.4 is 4.90 Å². The van der Waals surface area contributed by atoms with Crippen molar-refractivity contribution in [3.63, 3.8) is 0 Å². The largest absolute Gasteiger partial charge is 0.480 e. The fraction of sp³-hybridized carbons (Fsp3) is 0.467. The summed E-state index contributed by atoms with van der Waals surface area (Å²) in [5.41, 5.74) is 0.541. The van der Waals surface area contributed by atoms with E-state index in [4.69, 9.17) is 10.2 Å². The predicted molar refractivity (Wildman–Crippen MR) is 80.4 cm³/mol. The van der Waals surface area contributed by atoms with Crippen molar-refractivity contribution in [2.24, 2.45) is 0 Å². The summed E-state index contributed by atoms with van der Waals surface area (Å²) in [6, 6.07) is 8.27. The molecule has 0 aromatic heterocycles. The zero-order valence-electron chi connectivity index (χ0n) is 12.4. The number of nitrogens with zero attached hydrogens (tertiary/aromatic N) is 2. The van der Waals surface area contributed by atoms with Crippen molar-refractivity contribution >= 4 is 17.7 Å². The molecule has 0 aliphatic carbocycles. The normalized spacial score (nSPS) is 10.5. The number of benzene rings is 1. The number of anilines is 1. The van der Waals surface area contributed by atoms with Crippen molar-refractivity contribution in [3.8, 4) is 0 Å². The summed E-state index contributed by atoms with van der Waals surface area (Å²) >= 11 is 0. The molecule has 0 radical (unpaired) electrons. The molecule has 0 aliphatic rings. The maximum atomic E-state index is 12.6. The van der Waals surface area contributed by atoms with Gasteiger partial charge in [-0.3, -0.25) is 9.69 Å². The van der Waals surface area contributed by atoms with E-state index in [0.717, 1.165) is 0 Å². The first-order chi connectivity index (χ1) is 9.97. The van der Waals surface area contributed by atoms with Crippen LogP contribution in [-0.4, -0.2) is 52.9 Å². The number of aliphatic hydroxyl groups is 1. The molecule has 1 rings (SSSR count). The number of urea groups is 1. The molecule has 1 aromatic rings. The molecule has 0 fully saturated rings. The van der Waals surface area contributed by atoms with E-state index < -0.39 is 12.5 Å². The van der Waals surface area contributed by atoms with Crippen LogP contribution in [0.15, 0.2) is 30.3 Å². The number of rotatable bonds is 7. The van der Waals surface area contributed by atoms with Gasteiger partial charge in [0.25, 0.3) is 0 Å². The van der Waals surface area contributed by atoms with Crippen LogP contribution in [0.5, 0.6) is 0 Å². The number of para-hydroxylation sites is 1. The van der Waals surface area contributed by atoms with Crippen LogP contribution in [-0.2, 0) is 4.79 Å². The Morgan fingerprint density at radius 3 is 2.29 bits per heavy atom. The SMILES string of the molecule is CC(C)N(CCCO)C(=O)N(CC(=O)O)c1ccccc1. The molecule has 0 saturated carbocycles. The Labute approximate surface area is 124 Å². The summed E-state index contributed by atoms with van der Waals surface area (Å²) < 4.78 is 0. The first-order valence-corrected chi connectivity index (χ1v) is 6.93. The first-order valence-electron chi connectivity index (χ1n) is 6.93. The second-order valence-electron chi connectivity index (χ2n) is 4.96. The molecule has 0 unspecified atom stereocenters. The maximum Gasteiger partial charge on any atom is 0.325 e. The number of carboxylic acids is 1. The van der Waals surface area contributed by atoms with E-state index in [9.17, 15) is 9.59 Å². The highest BCUT2D eigenvalue weighted by Crippen LogP contribution is 2.17. The second-order valence-corrected chi connectivity index (χ2v) is 4.96. The van der Waals surface area contributed by atoms with Gasteiger partial charge in [-0.05, 0) is 32.4 Å². The highest BCUT2D eigenvalue weighted by molar-refractivity contribution is 5.96. The van der Waals surface area contributed by atoms with Crippen LogP contribution in [0.3, 0.4) is 0 Å². The van der Waals surface area contributed by atoms with Crippen molar-refractivity contribution in [1.29, 1.82) is 0 Å². The smallest absolute Gasteiger partial charge is 0.325 e. The van der Waals surface area contributed by atoms with Gasteiger partial charge < -0.3 is 15.1 Å². The van der Waals surface area contributed by atoms with Gasteiger partial charge >= 0.3 is 12.0 Å². The Balaban J connectivity index is 3.00. The number of aliphatic carboxylic acids is 1. The van der Waals surface area contributed by atoms with Gasteiger partial charge in [-0.1, -0.05) is 18.2 Å². The molecule has 0 aliphatic heterocycles. The van der Waals surface area contributed by atoms with E-state index in [1.54, 1.807) is 35.2 Å². The minimum Gasteiger partial charge on any atom is -0.480 e. The zero-order valence-corrected chi connectivity index (χ0v) is 12.4. The molecule has 0 heterocycles. The predicted octanol–water partition coefficient (Wildman–Crippen LogP) is 1.79. The van der Waals surface area contributed by atoms with Crippen LogP contribution in [0.25, 0.3) is 0 Å². The minimum absolute atomic E-state index is 0.0131. The highest BCUT2D eigenvalue weighted by Gasteiger charge is 2.25. The number of aliphatic hydroxyl groups excluding tert-OH is 1. The molecule has 6 nitrogen and oxygen atoms in total. The van der Waals surface area contributed by atoms with Crippen LogP contribution in [0.2, 0.25) is 0 Å². The van der Waals surface area contributed by atoms with E-state index >= 15 is 0 Å². The van der Waals surface area contributed by atoms with Gasteiger partial charge in [0, 0.05) is 24.9 Å². The molecule has 2 amide bonds. The standard InChI is InChI=1S/C15H22N2O4/c1-12(2)16(9-6-10-18)15(21)17(11-14(19)20)13-7-4-3-5-8-13/h3-5,7-8,12,18H,6,9-11H2,1-2H3,(H,19,20). The summed E-state index contributed by atoms with van der Waals surface area (Å²) in [7, 11) is 0. The van der Waals surface area contributed by atoms with E-state index in [0.29, 0.717) is 18.7 Å². The van der Waals surface area contributed by atoms with Crippen molar-refractivity contribution in [3.05, 3.63) is 30.3 Å². The van der Waals surface area contributed by atoms with Gasteiger partial charge in [-0.15, -0.1) is 0 Å². The Morgan fingerprint density at radius 2 is 1.81 bits per heavy atom. The van der Waals surface area contributed by atoms with E-state index in [2.05, 4.69) is 0 Å². The van der Waals surface area contributed by atoms with Crippen molar-refractivity contribution < 1.29 is 19.8 Å². The highest BCUT2D eigenvalue weighted by atomic mass is 16.4. The zero-order chi connectivity index (χ0) is 15.8. The third-order valence-electron chi connectivity index (χ3n) is 3.02. The second kappa shape index (κ2) is 8.26. The fourth-order valence-corrected chi connectivity index (χ4v) is 1.98. The molecule has 0 atom stereocenters. The fourth-order valence-electron chi connectivity index (χ4n) is 1.98. The number of hydrogen-bond donors (Lipinski definition) is 2. The lowest BCUT2D eigenvalue weighted by atomic mass is 10.2. The summed E-state index contributed by atoms with van der Waals surface area (Å²) in [6.07, 6.45) is 0.458. The summed E-state index contributed by atoms with van der Waals surface area (Å²) in [5, 5.41) is 18.0. The lowest BCUT2D eigenvalue weighted by Crippen LogP contribution is -2.48. The van der Waals surface area contributed by atoms with E-state index in [-0.39, 0.29) is 18.7 Å². The van der Waals surface area contributed by atoms with E-state index in [1.807, 2.05) is 13.8 Å². The van der Waals surface area contributed by atoms with Gasteiger partial charge in [0.05, 0.1) is 0 Å². The van der Waals surface area contributed by atoms with Gasteiger partial charge in [0.1, 0.15) is 6.54 Å². The number of carbonyl (C=O) groups excluding carboxylic acids is 1. The quantitative estimate of drug-likeness (QED) is 0.803. The summed E-state index contributed by atoms with van der Waals surface area (Å²) in [5.74, 6) is -1.07. The molecule has 1 aromatic carbocycles. The van der Waals surface area contributed by atoms with Gasteiger partial charge in [-0.2, -0.15) is 0 Å². The Morgan fingerprint density at radius 1 is 1.19 bits per heavy atom. The lowest BCUT2D eigenvalue weighted by molar-refractivity contribution is -0.135. The van der Waals surface area contributed by atoms with Crippen molar-refractivity contribution in [2.45, 2.75) is 26.3 Å². The minimum atomic E-state index is -1.07. The average Bonchev–Trinajstić information content (AvgIpc) is 2.45. The maximum absolute atomic E-state index is 12.6. The molecule has 2 N–H and O–H groups in total. The molecular formula is C15H22N2O4. The topological polar surface area (TPSA) is 81.1 Å². The third-order valence-corrected chi connectivity index (χ3v) is 3.02. The van der Waals surface area contributed by atoms with Crippen LogP contribution in [0.1, 0.15) is 20.3 Å². The average molecular weight is 294 g/mol.